The molecular weight excluding hydrogens is 414 g/mol. The fraction of sp³-hybridized carbons (Fsp3) is 0.458. The topological polar surface area (TPSA) is 54.0 Å². The Kier molecular flexibility index (Phi) is 9.46. The lowest BCUT2D eigenvalue weighted by molar-refractivity contribution is -0.117. The Morgan fingerprint density at radius 2 is 1.87 bits per heavy atom. The number of aryl methyl sites for hydroxylation is 1. The molecular formula is C24H33ClN3O3-. The number of amides is 1. The van der Waals surface area contributed by atoms with Gasteiger partial charge in [0, 0.05) is 37.4 Å². The maximum absolute atomic E-state index is 12.7. The van der Waals surface area contributed by atoms with Crippen LogP contribution in [-0.4, -0.2) is 56.2 Å². The minimum Gasteiger partial charge on any atom is -1.00 e. The molecule has 6 nitrogen and oxygen atoms in total. The first-order valence-corrected chi connectivity index (χ1v) is 10.7. The molecule has 0 radical (unpaired) electrons. The highest BCUT2D eigenvalue weighted by Crippen LogP contribution is 2.29. The Bertz CT molecular complexity index is 862. The van der Waals surface area contributed by atoms with Gasteiger partial charge in [0.1, 0.15) is 11.5 Å². The van der Waals surface area contributed by atoms with E-state index < -0.39 is 0 Å². The van der Waals surface area contributed by atoms with Crippen molar-refractivity contribution in [2.24, 2.45) is 0 Å². The second kappa shape index (κ2) is 11.8. The maximum atomic E-state index is 12.7. The van der Waals surface area contributed by atoms with Gasteiger partial charge in [0.25, 0.3) is 0 Å². The lowest BCUT2D eigenvalue weighted by Crippen LogP contribution is -3.00. The van der Waals surface area contributed by atoms with Crippen LogP contribution in [0.2, 0.25) is 0 Å². The van der Waals surface area contributed by atoms with Crippen LogP contribution in [0.1, 0.15) is 26.3 Å². The van der Waals surface area contributed by atoms with Crippen molar-refractivity contribution in [2.45, 2.75) is 33.7 Å². The van der Waals surface area contributed by atoms with Gasteiger partial charge in [-0.15, -0.1) is 0 Å². The van der Waals surface area contributed by atoms with Crippen LogP contribution in [0.3, 0.4) is 0 Å². The van der Waals surface area contributed by atoms with Gasteiger partial charge in [-0.1, -0.05) is 12.1 Å². The number of rotatable bonds is 8. The third-order valence-electron chi connectivity index (χ3n) is 5.25. The van der Waals surface area contributed by atoms with E-state index in [9.17, 15) is 4.79 Å². The van der Waals surface area contributed by atoms with E-state index in [1.54, 1.807) is 0 Å². The first-order valence-electron chi connectivity index (χ1n) is 10.7. The number of nitrogens with one attached hydrogen (secondary N) is 1. The second-order valence-corrected chi connectivity index (χ2v) is 7.69. The lowest BCUT2D eigenvalue weighted by atomic mass is 10.1. The van der Waals surface area contributed by atoms with Gasteiger partial charge in [0.15, 0.2) is 0 Å². The number of piperazine rings is 1. The maximum Gasteiger partial charge on any atom is 0.238 e. The van der Waals surface area contributed by atoms with Crippen molar-refractivity contribution in [3.63, 3.8) is 0 Å². The number of benzene rings is 2. The minimum atomic E-state index is -0.0409. The number of ether oxygens (including phenoxy) is 2. The van der Waals surface area contributed by atoms with E-state index in [-0.39, 0.29) is 18.3 Å². The fourth-order valence-corrected chi connectivity index (χ4v) is 3.90. The third-order valence-corrected chi connectivity index (χ3v) is 5.25. The molecule has 1 heterocycles. The lowest BCUT2D eigenvalue weighted by Gasteiger charge is -2.41. The highest BCUT2D eigenvalue weighted by Gasteiger charge is 2.25. The molecule has 7 heteroatoms. The molecule has 1 amide bonds. The average Bonchev–Trinajstić information content (AvgIpc) is 2.70. The van der Waals surface area contributed by atoms with Crippen LogP contribution in [0.5, 0.6) is 11.5 Å². The molecule has 170 valence electrons. The van der Waals surface area contributed by atoms with Gasteiger partial charge >= 0.3 is 0 Å². The average molecular weight is 447 g/mol. The molecule has 3 rings (SSSR count). The Labute approximate surface area is 191 Å². The first-order chi connectivity index (χ1) is 14.5. The van der Waals surface area contributed by atoms with Crippen LogP contribution < -0.4 is 32.1 Å². The van der Waals surface area contributed by atoms with E-state index in [2.05, 4.69) is 53.2 Å². The van der Waals surface area contributed by atoms with Crippen molar-refractivity contribution in [3.05, 3.63) is 48.0 Å². The Balaban J connectivity index is 0.00000341. The van der Waals surface area contributed by atoms with Gasteiger partial charge in [0.05, 0.1) is 25.4 Å². The molecule has 1 saturated heterocycles. The quantitative estimate of drug-likeness (QED) is 0.654. The zero-order valence-corrected chi connectivity index (χ0v) is 19.6. The number of halogens is 1. The third kappa shape index (κ3) is 6.77. The molecule has 0 aromatic heterocycles. The van der Waals surface area contributed by atoms with Crippen molar-refractivity contribution in [1.82, 2.24) is 4.90 Å². The number of hydrogen-bond acceptors (Lipinski definition) is 5. The summed E-state index contributed by atoms with van der Waals surface area (Å²) in [4.78, 5) is 17.4. The first kappa shape index (κ1) is 24.8. The number of carbonyl (C=O) groups is 1. The molecule has 1 fully saturated rings. The van der Waals surface area contributed by atoms with Crippen LogP contribution in [0, 0.1) is 6.92 Å². The zero-order valence-electron chi connectivity index (χ0n) is 18.9. The van der Waals surface area contributed by atoms with Gasteiger partial charge in [-0.05, 0) is 57.5 Å². The Hall–Kier alpha value is -2.44. The van der Waals surface area contributed by atoms with Crippen molar-refractivity contribution in [2.75, 3.05) is 49.6 Å². The number of nitrogens with zero attached hydrogens (tertiary/aromatic N) is 2. The van der Waals surface area contributed by atoms with Gasteiger partial charge in [0.2, 0.25) is 5.91 Å². The highest BCUT2D eigenvalue weighted by molar-refractivity contribution is 5.94. The summed E-state index contributed by atoms with van der Waals surface area (Å²) in [5, 5.41) is 3.01. The molecule has 2 aromatic rings. The molecule has 2 aromatic carbocycles. The zero-order chi connectivity index (χ0) is 21.5. The van der Waals surface area contributed by atoms with Crippen molar-refractivity contribution in [3.8, 4) is 11.5 Å². The molecule has 1 N–H and O–H groups in total. The summed E-state index contributed by atoms with van der Waals surface area (Å²) in [6.45, 7) is 12.3. The van der Waals surface area contributed by atoms with E-state index in [0.29, 0.717) is 37.2 Å². The van der Waals surface area contributed by atoms with E-state index in [0.717, 1.165) is 25.4 Å². The summed E-state index contributed by atoms with van der Waals surface area (Å²) in [5.41, 5.74) is 3.17. The summed E-state index contributed by atoms with van der Waals surface area (Å²) >= 11 is 0. The van der Waals surface area contributed by atoms with Crippen molar-refractivity contribution < 1.29 is 26.7 Å². The minimum absolute atomic E-state index is 0. The molecule has 0 saturated carbocycles. The van der Waals surface area contributed by atoms with E-state index in [1.165, 1.54) is 11.3 Å². The summed E-state index contributed by atoms with van der Waals surface area (Å²) < 4.78 is 11.2. The monoisotopic (exact) mass is 446 g/mol. The van der Waals surface area contributed by atoms with Crippen LogP contribution in [0.4, 0.5) is 11.4 Å². The summed E-state index contributed by atoms with van der Waals surface area (Å²) in [6.07, 6.45) is 0. The van der Waals surface area contributed by atoms with Crippen molar-refractivity contribution in [1.29, 1.82) is 0 Å². The molecule has 31 heavy (non-hydrogen) atoms. The van der Waals surface area contributed by atoms with Crippen LogP contribution in [0.15, 0.2) is 42.5 Å². The van der Waals surface area contributed by atoms with E-state index in [4.69, 9.17) is 9.47 Å². The van der Waals surface area contributed by atoms with Gasteiger partial charge in [-0.2, -0.15) is 0 Å². The number of anilines is 2. The highest BCUT2D eigenvalue weighted by atomic mass is 35.5. The smallest absolute Gasteiger partial charge is 0.238 e. The predicted octanol–water partition coefficient (Wildman–Crippen LogP) is 0.946. The standard InChI is InChI=1S/C24H33N3O3.ClH/c1-5-29-21-10-11-23(30-6-2)22(15-21)25-24(28)17-26-12-13-27(19(4)16-26)20-9-7-8-18(3)14-20;/h7-11,14-15,19H,5-6,12-13,16-17H2,1-4H3,(H,25,28);1H/p-1. The van der Waals surface area contributed by atoms with Gasteiger partial charge in [-0.3, -0.25) is 9.69 Å². The predicted molar refractivity (Wildman–Crippen MR) is 122 cm³/mol. The number of hydrogen-bond donors (Lipinski definition) is 1. The fourth-order valence-electron chi connectivity index (χ4n) is 3.90. The molecule has 1 atom stereocenters. The number of carbonyl (C=O) groups excluding carboxylic acids is 1. The van der Waals surface area contributed by atoms with Gasteiger partial charge < -0.3 is 32.1 Å². The van der Waals surface area contributed by atoms with E-state index in [1.807, 2.05) is 32.0 Å². The Morgan fingerprint density at radius 1 is 1.10 bits per heavy atom. The molecule has 1 aliphatic heterocycles. The summed E-state index contributed by atoms with van der Waals surface area (Å²) in [6, 6.07) is 14.5. The second-order valence-electron chi connectivity index (χ2n) is 7.69. The summed E-state index contributed by atoms with van der Waals surface area (Å²) in [7, 11) is 0. The van der Waals surface area contributed by atoms with E-state index >= 15 is 0 Å². The van der Waals surface area contributed by atoms with Crippen molar-refractivity contribution >= 4 is 17.3 Å². The van der Waals surface area contributed by atoms with Crippen LogP contribution in [0.25, 0.3) is 0 Å². The van der Waals surface area contributed by atoms with Crippen LogP contribution in [-0.2, 0) is 4.79 Å². The molecule has 0 aliphatic carbocycles. The molecule has 0 spiro atoms. The largest absolute Gasteiger partial charge is 1.00 e. The SMILES string of the molecule is CCOc1ccc(OCC)c(NC(=O)CN2CCN(c3cccc(C)c3)C(C)C2)c1.[Cl-]. The molecule has 1 unspecified atom stereocenters. The van der Waals surface area contributed by atoms with Gasteiger partial charge in [-0.25, -0.2) is 0 Å². The van der Waals surface area contributed by atoms with Crippen LogP contribution >= 0.6 is 0 Å². The molecule has 0 bridgehead atoms. The summed E-state index contributed by atoms with van der Waals surface area (Å²) in [5.74, 6) is 1.34. The molecule has 1 aliphatic rings. The Morgan fingerprint density at radius 3 is 2.55 bits per heavy atom. The normalized spacial score (nSPS) is 16.4.